The van der Waals surface area contributed by atoms with Gasteiger partial charge in [0.05, 0.1) is 17.1 Å². The highest BCUT2D eigenvalue weighted by Gasteiger charge is 2.22. The van der Waals surface area contributed by atoms with Gasteiger partial charge in [-0.05, 0) is 37.6 Å². The molecule has 100 valence electrons. The summed E-state index contributed by atoms with van der Waals surface area (Å²) in [7, 11) is 0. The standard InChI is InChI=1S/C14H13N5O/c1-2-11(15-5-1)14-18-13(19-20-14)9-3-4-10-12(8-9)17-7-6-16-10/h3-4,6-8,11,15H,1-2,5H2. The lowest BCUT2D eigenvalue weighted by Crippen LogP contribution is -2.12. The molecule has 1 saturated heterocycles. The van der Waals surface area contributed by atoms with Crippen molar-refractivity contribution in [2.45, 2.75) is 18.9 Å². The second kappa shape index (κ2) is 4.64. The van der Waals surface area contributed by atoms with Crippen LogP contribution in [0.5, 0.6) is 0 Å². The average Bonchev–Trinajstić information content (AvgIpc) is 3.17. The summed E-state index contributed by atoms with van der Waals surface area (Å²) >= 11 is 0. The van der Waals surface area contributed by atoms with Crippen molar-refractivity contribution in [1.82, 2.24) is 25.4 Å². The molecule has 0 bridgehead atoms. The average molecular weight is 267 g/mol. The molecule has 0 amide bonds. The molecule has 0 aliphatic carbocycles. The van der Waals surface area contributed by atoms with Crippen LogP contribution in [0, 0.1) is 0 Å². The lowest BCUT2D eigenvalue weighted by molar-refractivity contribution is 0.345. The Hall–Kier alpha value is -2.34. The fraction of sp³-hybridized carbons (Fsp3) is 0.286. The maximum absolute atomic E-state index is 5.36. The van der Waals surface area contributed by atoms with Gasteiger partial charge >= 0.3 is 0 Å². The Labute approximate surface area is 115 Å². The zero-order valence-electron chi connectivity index (χ0n) is 10.8. The van der Waals surface area contributed by atoms with E-state index >= 15 is 0 Å². The Bertz CT molecular complexity index is 748. The van der Waals surface area contributed by atoms with Gasteiger partial charge in [0.2, 0.25) is 11.7 Å². The summed E-state index contributed by atoms with van der Waals surface area (Å²) in [5.41, 5.74) is 2.58. The molecule has 1 unspecified atom stereocenters. The molecule has 1 atom stereocenters. The molecule has 1 aromatic carbocycles. The number of hydrogen-bond acceptors (Lipinski definition) is 6. The largest absolute Gasteiger partial charge is 0.337 e. The Morgan fingerprint density at radius 3 is 2.90 bits per heavy atom. The van der Waals surface area contributed by atoms with E-state index in [1.807, 2.05) is 18.2 Å². The van der Waals surface area contributed by atoms with E-state index in [0.29, 0.717) is 11.7 Å². The van der Waals surface area contributed by atoms with Crippen molar-refractivity contribution in [2.24, 2.45) is 0 Å². The first kappa shape index (κ1) is 11.5. The lowest BCUT2D eigenvalue weighted by Gasteiger charge is -2.01. The number of fused-ring (bicyclic) bond motifs is 1. The van der Waals surface area contributed by atoms with Gasteiger partial charge in [-0.1, -0.05) is 5.16 Å². The van der Waals surface area contributed by atoms with Crippen LogP contribution in [-0.2, 0) is 0 Å². The maximum atomic E-state index is 5.36. The van der Waals surface area contributed by atoms with Crippen LogP contribution in [0.2, 0.25) is 0 Å². The van der Waals surface area contributed by atoms with Crippen molar-refractivity contribution in [3.63, 3.8) is 0 Å². The summed E-state index contributed by atoms with van der Waals surface area (Å²) in [6.07, 6.45) is 5.55. The zero-order valence-corrected chi connectivity index (χ0v) is 10.8. The van der Waals surface area contributed by atoms with E-state index in [2.05, 4.69) is 25.4 Å². The van der Waals surface area contributed by atoms with Crippen molar-refractivity contribution in [1.29, 1.82) is 0 Å². The van der Waals surface area contributed by atoms with E-state index < -0.39 is 0 Å². The highest BCUT2D eigenvalue weighted by atomic mass is 16.5. The molecular weight excluding hydrogens is 254 g/mol. The lowest BCUT2D eigenvalue weighted by atomic mass is 10.2. The monoisotopic (exact) mass is 267 g/mol. The highest BCUT2D eigenvalue weighted by Crippen LogP contribution is 2.25. The predicted molar refractivity (Wildman–Crippen MR) is 72.8 cm³/mol. The molecule has 6 nitrogen and oxygen atoms in total. The van der Waals surface area contributed by atoms with Crippen LogP contribution >= 0.6 is 0 Å². The van der Waals surface area contributed by atoms with Crippen LogP contribution in [0.25, 0.3) is 22.4 Å². The Balaban J connectivity index is 1.71. The van der Waals surface area contributed by atoms with E-state index in [4.69, 9.17) is 4.52 Å². The molecule has 1 aliphatic rings. The molecular formula is C14H13N5O. The fourth-order valence-electron chi connectivity index (χ4n) is 2.49. The second-order valence-electron chi connectivity index (χ2n) is 4.86. The van der Waals surface area contributed by atoms with E-state index in [1.54, 1.807) is 12.4 Å². The second-order valence-corrected chi connectivity index (χ2v) is 4.86. The highest BCUT2D eigenvalue weighted by molar-refractivity contribution is 5.79. The van der Waals surface area contributed by atoms with Crippen LogP contribution in [0.1, 0.15) is 24.8 Å². The first-order chi connectivity index (χ1) is 9.90. The SMILES string of the molecule is c1cnc2cc(-c3noc(C4CCCN4)n3)ccc2n1. The van der Waals surface area contributed by atoms with E-state index in [-0.39, 0.29) is 6.04 Å². The first-order valence-electron chi connectivity index (χ1n) is 6.68. The van der Waals surface area contributed by atoms with E-state index in [9.17, 15) is 0 Å². The topological polar surface area (TPSA) is 76.7 Å². The molecule has 20 heavy (non-hydrogen) atoms. The number of benzene rings is 1. The Morgan fingerprint density at radius 1 is 1.15 bits per heavy atom. The number of nitrogens with zero attached hydrogens (tertiary/aromatic N) is 4. The van der Waals surface area contributed by atoms with Crippen LogP contribution in [-0.4, -0.2) is 26.7 Å². The minimum Gasteiger partial charge on any atom is -0.337 e. The van der Waals surface area contributed by atoms with Crippen molar-refractivity contribution >= 4 is 11.0 Å². The van der Waals surface area contributed by atoms with Crippen LogP contribution in [0.15, 0.2) is 35.1 Å². The van der Waals surface area contributed by atoms with Gasteiger partial charge in [0.25, 0.3) is 0 Å². The van der Waals surface area contributed by atoms with Crippen LogP contribution < -0.4 is 5.32 Å². The minimum atomic E-state index is 0.191. The quantitative estimate of drug-likeness (QED) is 0.766. The van der Waals surface area contributed by atoms with Gasteiger partial charge < -0.3 is 9.84 Å². The summed E-state index contributed by atoms with van der Waals surface area (Å²) in [5.74, 6) is 1.26. The third-order valence-electron chi connectivity index (χ3n) is 3.53. The van der Waals surface area contributed by atoms with Gasteiger partial charge in [-0.2, -0.15) is 4.98 Å². The van der Waals surface area contributed by atoms with Gasteiger partial charge in [0, 0.05) is 18.0 Å². The first-order valence-corrected chi connectivity index (χ1v) is 6.68. The third kappa shape index (κ3) is 1.94. The molecule has 6 heteroatoms. The molecule has 1 aliphatic heterocycles. The Morgan fingerprint density at radius 2 is 2.05 bits per heavy atom. The molecule has 0 spiro atoms. The van der Waals surface area contributed by atoms with Crippen LogP contribution in [0.3, 0.4) is 0 Å². The maximum Gasteiger partial charge on any atom is 0.244 e. The van der Waals surface area contributed by atoms with Gasteiger partial charge in [-0.3, -0.25) is 9.97 Å². The summed E-state index contributed by atoms with van der Waals surface area (Å²) < 4.78 is 5.36. The Kier molecular flexibility index (Phi) is 2.67. The minimum absolute atomic E-state index is 0.191. The van der Waals surface area contributed by atoms with Crippen molar-refractivity contribution < 1.29 is 4.52 Å². The number of aromatic nitrogens is 4. The third-order valence-corrected chi connectivity index (χ3v) is 3.53. The number of rotatable bonds is 2. The van der Waals surface area contributed by atoms with Gasteiger partial charge in [-0.15, -0.1) is 0 Å². The molecule has 1 fully saturated rings. The van der Waals surface area contributed by atoms with Crippen molar-refractivity contribution in [3.8, 4) is 11.4 Å². The number of nitrogens with one attached hydrogen (secondary N) is 1. The summed E-state index contributed by atoms with van der Waals surface area (Å²) in [6.45, 7) is 1.01. The molecule has 3 heterocycles. The van der Waals surface area contributed by atoms with E-state index in [0.717, 1.165) is 36.0 Å². The van der Waals surface area contributed by atoms with E-state index in [1.165, 1.54) is 0 Å². The van der Waals surface area contributed by atoms with Crippen LogP contribution in [0.4, 0.5) is 0 Å². The van der Waals surface area contributed by atoms with Crippen molar-refractivity contribution in [3.05, 3.63) is 36.5 Å². The molecule has 2 aromatic heterocycles. The smallest absolute Gasteiger partial charge is 0.244 e. The predicted octanol–water partition coefficient (Wildman–Crippen LogP) is 2.10. The van der Waals surface area contributed by atoms with Gasteiger partial charge in [-0.25, -0.2) is 0 Å². The molecule has 1 N–H and O–H groups in total. The summed E-state index contributed by atoms with van der Waals surface area (Å²) in [6, 6.07) is 5.98. The number of hydrogen-bond donors (Lipinski definition) is 1. The zero-order chi connectivity index (χ0) is 13.4. The summed E-state index contributed by atoms with van der Waals surface area (Å²) in [5, 5.41) is 7.41. The molecule has 4 rings (SSSR count). The molecule has 0 radical (unpaired) electrons. The van der Waals surface area contributed by atoms with Gasteiger partial charge in [0.15, 0.2) is 0 Å². The molecule has 3 aromatic rings. The van der Waals surface area contributed by atoms with Gasteiger partial charge in [0.1, 0.15) is 0 Å². The normalized spacial score (nSPS) is 18.7. The van der Waals surface area contributed by atoms with Crippen molar-refractivity contribution in [2.75, 3.05) is 6.54 Å². The summed E-state index contributed by atoms with van der Waals surface area (Å²) in [4.78, 5) is 13.0. The molecule has 0 saturated carbocycles. The fourth-order valence-corrected chi connectivity index (χ4v) is 2.49.